The van der Waals surface area contributed by atoms with Crippen LogP contribution in [0.2, 0.25) is 0 Å². The molecule has 1 fully saturated rings. The average Bonchev–Trinajstić information content (AvgIpc) is 2.62. The van der Waals surface area contributed by atoms with Gasteiger partial charge in [0.15, 0.2) is 0 Å². The summed E-state index contributed by atoms with van der Waals surface area (Å²) in [5.74, 6) is 0.469. The summed E-state index contributed by atoms with van der Waals surface area (Å²) < 4.78 is 17.3. The maximum Gasteiger partial charge on any atom is 0.0654 e. The molecule has 0 spiro atoms. The van der Waals surface area contributed by atoms with Gasteiger partial charge in [0.1, 0.15) is 0 Å². The van der Waals surface area contributed by atoms with E-state index < -0.39 is 0 Å². The SMILES string of the molecule is COCC(COC)(COC1(C)CCCCCC1)C(C)C. The predicted molar refractivity (Wildman–Crippen MR) is 83.1 cm³/mol. The van der Waals surface area contributed by atoms with E-state index in [-0.39, 0.29) is 11.0 Å². The van der Waals surface area contributed by atoms with Crippen LogP contribution in [-0.2, 0) is 14.2 Å². The fourth-order valence-electron chi connectivity index (χ4n) is 3.14. The molecule has 0 radical (unpaired) electrons. The van der Waals surface area contributed by atoms with Crippen molar-refractivity contribution < 1.29 is 14.2 Å². The van der Waals surface area contributed by atoms with Crippen molar-refractivity contribution in [3.63, 3.8) is 0 Å². The van der Waals surface area contributed by atoms with Crippen LogP contribution >= 0.6 is 0 Å². The van der Waals surface area contributed by atoms with Crippen LogP contribution in [-0.4, -0.2) is 39.6 Å². The molecule has 120 valence electrons. The molecule has 3 nitrogen and oxygen atoms in total. The monoisotopic (exact) mass is 286 g/mol. The second-order valence-corrected chi connectivity index (χ2v) is 7.04. The molecule has 1 rings (SSSR count). The van der Waals surface area contributed by atoms with E-state index >= 15 is 0 Å². The lowest BCUT2D eigenvalue weighted by Crippen LogP contribution is -2.44. The van der Waals surface area contributed by atoms with Crippen LogP contribution in [0.1, 0.15) is 59.3 Å². The van der Waals surface area contributed by atoms with Crippen molar-refractivity contribution in [2.45, 2.75) is 64.9 Å². The molecule has 0 unspecified atom stereocenters. The van der Waals surface area contributed by atoms with Crippen molar-refractivity contribution in [1.82, 2.24) is 0 Å². The zero-order valence-corrected chi connectivity index (χ0v) is 14.2. The first-order valence-electron chi connectivity index (χ1n) is 8.10. The van der Waals surface area contributed by atoms with E-state index in [0.717, 1.165) is 6.61 Å². The van der Waals surface area contributed by atoms with Gasteiger partial charge in [-0.25, -0.2) is 0 Å². The molecule has 1 saturated carbocycles. The Labute approximate surface area is 125 Å². The summed E-state index contributed by atoms with van der Waals surface area (Å²) in [7, 11) is 3.53. The minimum absolute atomic E-state index is 0.0398. The Morgan fingerprint density at radius 3 is 1.80 bits per heavy atom. The van der Waals surface area contributed by atoms with Crippen molar-refractivity contribution in [1.29, 1.82) is 0 Å². The molecule has 0 N–H and O–H groups in total. The molecule has 1 aliphatic carbocycles. The molecule has 0 aromatic rings. The van der Waals surface area contributed by atoms with E-state index in [9.17, 15) is 0 Å². The van der Waals surface area contributed by atoms with Crippen LogP contribution in [0.25, 0.3) is 0 Å². The average molecular weight is 286 g/mol. The molecular formula is C17H34O3. The van der Waals surface area contributed by atoms with Crippen LogP contribution in [0.3, 0.4) is 0 Å². The van der Waals surface area contributed by atoms with Gasteiger partial charge in [-0.1, -0.05) is 39.5 Å². The van der Waals surface area contributed by atoms with Gasteiger partial charge in [-0.2, -0.15) is 0 Å². The van der Waals surface area contributed by atoms with Gasteiger partial charge < -0.3 is 14.2 Å². The minimum atomic E-state index is -0.0428. The Morgan fingerprint density at radius 1 is 0.900 bits per heavy atom. The van der Waals surface area contributed by atoms with Gasteiger partial charge in [-0.3, -0.25) is 0 Å². The molecule has 0 atom stereocenters. The Kier molecular flexibility index (Phi) is 7.49. The summed E-state index contributed by atoms with van der Waals surface area (Å²) in [4.78, 5) is 0. The van der Waals surface area contributed by atoms with Gasteiger partial charge in [-0.15, -0.1) is 0 Å². The quantitative estimate of drug-likeness (QED) is 0.630. The summed E-state index contributed by atoms with van der Waals surface area (Å²) >= 11 is 0. The second kappa shape index (κ2) is 8.35. The van der Waals surface area contributed by atoms with Crippen molar-refractivity contribution in [3.05, 3.63) is 0 Å². The molecule has 0 aromatic carbocycles. The van der Waals surface area contributed by atoms with Crippen LogP contribution < -0.4 is 0 Å². The number of ether oxygens (including phenoxy) is 3. The normalized spacial score (nSPS) is 20.1. The lowest BCUT2D eigenvalue weighted by Gasteiger charge is -2.40. The van der Waals surface area contributed by atoms with Crippen LogP contribution in [0.5, 0.6) is 0 Å². The van der Waals surface area contributed by atoms with Gasteiger partial charge in [0, 0.05) is 19.6 Å². The fraction of sp³-hybridized carbons (Fsp3) is 1.00. The first kappa shape index (κ1) is 17.9. The molecule has 0 heterocycles. The van der Waals surface area contributed by atoms with E-state index in [4.69, 9.17) is 14.2 Å². The summed E-state index contributed by atoms with van der Waals surface area (Å²) in [6.45, 7) is 8.85. The zero-order chi connectivity index (χ0) is 15.1. The lowest BCUT2D eigenvalue weighted by atomic mass is 9.79. The van der Waals surface area contributed by atoms with Gasteiger partial charge in [0.25, 0.3) is 0 Å². The molecule has 0 aliphatic heterocycles. The third-order valence-corrected chi connectivity index (χ3v) is 4.96. The fourth-order valence-corrected chi connectivity index (χ4v) is 3.14. The summed E-state index contributed by atoms with van der Waals surface area (Å²) in [6.07, 6.45) is 7.65. The molecule has 3 heteroatoms. The summed E-state index contributed by atoms with van der Waals surface area (Å²) in [5.41, 5.74) is -0.00304. The second-order valence-electron chi connectivity index (χ2n) is 7.04. The first-order valence-corrected chi connectivity index (χ1v) is 8.10. The van der Waals surface area contributed by atoms with E-state index in [2.05, 4.69) is 20.8 Å². The minimum Gasteiger partial charge on any atom is -0.384 e. The predicted octanol–water partition coefficient (Wildman–Crippen LogP) is 4.05. The molecule has 0 aromatic heterocycles. The number of hydrogen-bond acceptors (Lipinski definition) is 3. The van der Waals surface area contributed by atoms with E-state index in [0.29, 0.717) is 19.1 Å². The highest BCUT2D eigenvalue weighted by molar-refractivity contribution is 4.85. The maximum atomic E-state index is 6.42. The molecule has 0 amide bonds. The van der Waals surface area contributed by atoms with Crippen LogP contribution in [0.4, 0.5) is 0 Å². The Balaban J connectivity index is 2.68. The summed E-state index contributed by atoms with van der Waals surface area (Å²) in [5, 5.41) is 0. The van der Waals surface area contributed by atoms with Gasteiger partial charge in [0.2, 0.25) is 0 Å². The van der Waals surface area contributed by atoms with Gasteiger partial charge in [0.05, 0.1) is 25.4 Å². The third-order valence-electron chi connectivity index (χ3n) is 4.96. The number of methoxy groups -OCH3 is 2. The van der Waals surface area contributed by atoms with E-state index in [1.54, 1.807) is 14.2 Å². The Bertz CT molecular complexity index is 249. The molecule has 0 bridgehead atoms. The van der Waals surface area contributed by atoms with Crippen LogP contribution in [0.15, 0.2) is 0 Å². The standard InChI is InChI=1S/C17H34O3/c1-15(2)17(12-18-4,13-19-5)14-20-16(3)10-8-6-7-9-11-16/h15H,6-14H2,1-5H3. The number of rotatable bonds is 8. The third kappa shape index (κ3) is 5.01. The van der Waals surface area contributed by atoms with Gasteiger partial charge >= 0.3 is 0 Å². The molecular weight excluding hydrogens is 252 g/mol. The molecule has 0 saturated heterocycles. The Morgan fingerprint density at radius 2 is 1.40 bits per heavy atom. The number of hydrogen-bond donors (Lipinski definition) is 0. The largest absolute Gasteiger partial charge is 0.384 e. The molecule has 20 heavy (non-hydrogen) atoms. The van der Waals surface area contributed by atoms with E-state index in [1.165, 1.54) is 38.5 Å². The van der Waals surface area contributed by atoms with Gasteiger partial charge in [-0.05, 0) is 25.7 Å². The zero-order valence-electron chi connectivity index (χ0n) is 14.2. The van der Waals surface area contributed by atoms with Crippen molar-refractivity contribution in [2.75, 3.05) is 34.0 Å². The first-order chi connectivity index (χ1) is 9.48. The van der Waals surface area contributed by atoms with Crippen molar-refractivity contribution >= 4 is 0 Å². The maximum absolute atomic E-state index is 6.42. The Hall–Kier alpha value is -0.120. The smallest absolute Gasteiger partial charge is 0.0654 e. The van der Waals surface area contributed by atoms with Crippen molar-refractivity contribution in [3.8, 4) is 0 Å². The highest BCUT2D eigenvalue weighted by atomic mass is 16.5. The molecule has 1 aliphatic rings. The van der Waals surface area contributed by atoms with Crippen LogP contribution in [0, 0.1) is 11.3 Å². The van der Waals surface area contributed by atoms with E-state index in [1.807, 2.05) is 0 Å². The highest BCUT2D eigenvalue weighted by Gasteiger charge is 2.37. The summed E-state index contributed by atoms with van der Waals surface area (Å²) in [6, 6.07) is 0. The highest BCUT2D eigenvalue weighted by Crippen LogP contribution is 2.35. The van der Waals surface area contributed by atoms with Crippen molar-refractivity contribution in [2.24, 2.45) is 11.3 Å². The lowest BCUT2D eigenvalue weighted by molar-refractivity contribution is -0.130. The topological polar surface area (TPSA) is 27.7 Å².